The fourth-order valence-corrected chi connectivity index (χ4v) is 2.12. The van der Waals surface area contributed by atoms with Crippen LogP contribution < -0.4 is 0 Å². The standard InChI is InChI=1S/C10H13FO2S/c1-3-8(2)9-6-4-5-7-10(9)14(11,12)13/h4-8H,3H2,1-2H3. The maximum absolute atomic E-state index is 12.9. The molecule has 0 saturated heterocycles. The molecule has 1 unspecified atom stereocenters. The van der Waals surface area contributed by atoms with E-state index in [2.05, 4.69) is 0 Å². The van der Waals surface area contributed by atoms with E-state index in [1.165, 1.54) is 12.1 Å². The molecule has 1 rings (SSSR count). The third-order valence-corrected chi connectivity index (χ3v) is 3.22. The molecular formula is C10H13FO2S. The van der Waals surface area contributed by atoms with Crippen molar-refractivity contribution in [2.45, 2.75) is 31.1 Å². The lowest BCUT2D eigenvalue weighted by Gasteiger charge is -2.11. The molecule has 78 valence electrons. The second-order valence-corrected chi connectivity index (χ2v) is 4.60. The van der Waals surface area contributed by atoms with Crippen LogP contribution in [-0.2, 0) is 10.2 Å². The number of benzene rings is 1. The second kappa shape index (κ2) is 4.09. The van der Waals surface area contributed by atoms with Crippen LogP contribution in [0.25, 0.3) is 0 Å². The van der Waals surface area contributed by atoms with Crippen molar-refractivity contribution in [1.82, 2.24) is 0 Å². The van der Waals surface area contributed by atoms with Crippen molar-refractivity contribution in [1.29, 1.82) is 0 Å². The lowest BCUT2D eigenvalue weighted by molar-refractivity contribution is 0.548. The highest BCUT2D eigenvalue weighted by atomic mass is 32.3. The molecule has 0 aliphatic carbocycles. The number of rotatable bonds is 3. The van der Waals surface area contributed by atoms with Crippen LogP contribution in [0.4, 0.5) is 3.89 Å². The van der Waals surface area contributed by atoms with Gasteiger partial charge in [0.2, 0.25) is 0 Å². The highest BCUT2D eigenvalue weighted by molar-refractivity contribution is 7.86. The van der Waals surface area contributed by atoms with Crippen LogP contribution in [0.1, 0.15) is 31.7 Å². The summed E-state index contributed by atoms with van der Waals surface area (Å²) in [7, 11) is -4.59. The SMILES string of the molecule is CCC(C)c1ccccc1S(=O)(=O)F. The van der Waals surface area contributed by atoms with E-state index in [-0.39, 0.29) is 10.8 Å². The Bertz CT molecular complexity index is 412. The van der Waals surface area contributed by atoms with E-state index in [1.54, 1.807) is 12.1 Å². The fourth-order valence-electron chi connectivity index (χ4n) is 1.33. The molecule has 1 aromatic carbocycles. The molecule has 0 amide bonds. The zero-order chi connectivity index (χ0) is 10.8. The van der Waals surface area contributed by atoms with Crippen molar-refractivity contribution in [2.75, 3.05) is 0 Å². The molecule has 0 saturated carbocycles. The molecule has 0 fully saturated rings. The summed E-state index contributed by atoms with van der Waals surface area (Å²) in [6, 6.07) is 6.20. The van der Waals surface area contributed by atoms with Crippen molar-refractivity contribution in [3.63, 3.8) is 0 Å². The first-order valence-corrected chi connectivity index (χ1v) is 5.88. The van der Waals surface area contributed by atoms with Gasteiger partial charge in [0.25, 0.3) is 0 Å². The fraction of sp³-hybridized carbons (Fsp3) is 0.400. The Labute approximate surface area is 84.0 Å². The van der Waals surface area contributed by atoms with Gasteiger partial charge in [0.1, 0.15) is 4.90 Å². The summed E-state index contributed by atoms with van der Waals surface area (Å²) in [4.78, 5) is -0.200. The van der Waals surface area contributed by atoms with Crippen molar-refractivity contribution in [3.05, 3.63) is 29.8 Å². The van der Waals surface area contributed by atoms with Gasteiger partial charge in [-0.25, -0.2) is 0 Å². The van der Waals surface area contributed by atoms with Crippen LogP contribution in [0.5, 0.6) is 0 Å². The zero-order valence-corrected chi connectivity index (χ0v) is 9.01. The molecule has 4 heteroatoms. The van der Waals surface area contributed by atoms with Crippen LogP contribution in [-0.4, -0.2) is 8.42 Å². The third-order valence-electron chi connectivity index (χ3n) is 2.32. The molecule has 0 N–H and O–H groups in total. The molecule has 2 nitrogen and oxygen atoms in total. The Balaban J connectivity index is 3.30. The molecule has 0 aliphatic heterocycles. The van der Waals surface area contributed by atoms with Crippen molar-refractivity contribution >= 4 is 10.2 Å². The quantitative estimate of drug-likeness (QED) is 0.728. The first-order chi connectivity index (χ1) is 6.46. The van der Waals surface area contributed by atoms with E-state index in [1.807, 2.05) is 13.8 Å². The molecular weight excluding hydrogens is 203 g/mol. The summed E-state index contributed by atoms with van der Waals surface area (Å²) < 4.78 is 34.5. The highest BCUT2D eigenvalue weighted by Gasteiger charge is 2.18. The van der Waals surface area contributed by atoms with Gasteiger partial charge in [-0.2, -0.15) is 8.42 Å². The smallest absolute Gasteiger partial charge is 0.189 e. The van der Waals surface area contributed by atoms with Crippen LogP contribution in [0, 0.1) is 0 Å². The van der Waals surface area contributed by atoms with Gasteiger partial charge in [0.15, 0.2) is 0 Å². The minimum atomic E-state index is -4.59. The molecule has 0 aromatic heterocycles. The molecule has 0 spiro atoms. The van der Waals surface area contributed by atoms with Gasteiger partial charge in [-0.1, -0.05) is 32.0 Å². The van der Waals surface area contributed by atoms with Gasteiger partial charge >= 0.3 is 10.2 Å². The maximum atomic E-state index is 12.9. The van der Waals surface area contributed by atoms with Crippen LogP contribution in [0.2, 0.25) is 0 Å². The van der Waals surface area contributed by atoms with Crippen molar-refractivity contribution in [3.8, 4) is 0 Å². The third kappa shape index (κ3) is 2.32. The minimum Gasteiger partial charge on any atom is -0.189 e. The molecule has 0 heterocycles. The Morgan fingerprint density at radius 2 is 1.93 bits per heavy atom. The average molecular weight is 216 g/mol. The topological polar surface area (TPSA) is 34.1 Å². The zero-order valence-electron chi connectivity index (χ0n) is 8.20. The summed E-state index contributed by atoms with van der Waals surface area (Å²) in [5.41, 5.74) is 0.553. The predicted octanol–water partition coefficient (Wildman–Crippen LogP) is 2.86. The molecule has 0 aliphatic rings. The molecule has 1 atom stereocenters. The van der Waals surface area contributed by atoms with Gasteiger partial charge < -0.3 is 0 Å². The van der Waals surface area contributed by atoms with E-state index >= 15 is 0 Å². The summed E-state index contributed by atoms with van der Waals surface area (Å²) in [6.07, 6.45) is 0.784. The Morgan fingerprint density at radius 3 is 2.43 bits per heavy atom. The normalized spacial score (nSPS) is 13.9. The molecule has 1 aromatic rings. The number of hydrogen-bond donors (Lipinski definition) is 0. The van der Waals surface area contributed by atoms with Crippen molar-refractivity contribution < 1.29 is 12.3 Å². The highest BCUT2D eigenvalue weighted by Crippen LogP contribution is 2.26. The second-order valence-electron chi connectivity index (χ2n) is 3.28. The van der Waals surface area contributed by atoms with E-state index in [0.29, 0.717) is 5.56 Å². The van der Waals surface area contributed by atoms with E-state index in [4.69, 9.17) is 0 Å². The van der Waals surface area contributed by atoms with Crippen LogP contribution in [0.15, 0.2) is 29.2 Å². The lowest BCUT2D eigenvalue weighted by Crippen LogP contribution is -2.01. The minimum absolute atomic E-state index is 0.0525. The number of hydrogen-bond acceptors (Lipinski definition) is 2. The van der Waals surface area contributed by atoms with E-state index in [9.17, 15) is 12.3 Å². The van der Waals surface area contributed by atoms with Crippen LogP contribution in [0.3, 0.4) is 0 Å². The molecule has 0 radical (unpaired) electrons. The first-order valence-electron chi connectivity index (χ1n) is 4.50. The van der Waals surface area contributed by atoms with Crippen molar-refractivity contribution in [2.24, 2.45) is 0 Å². The Hall–Kier alpha value is -0.900. The van der Waals surface area contributed by atoms with Gasteiger partial charge in [-0.05, 0) is 24.0 Å². The van der Waals surface area contributed by atoms with Crippen LogP contribution >= 0.6 is 0 Å². The van der Waals surface area contributed by atoms with E-state index in [0.717, 1.165) is 6.42 Å². The monoisotopic (exact) mass is 216 g/mol. The average Bonchev–Trinajstić information content (AvgIpc) is 2.15. The molecule has 0 bridgehead atoms. The lowest BCUT2D eigenvalue weighted by atomic mass is 9.99. The summed E-state index contributed by atoms with van der Waals surface area (Å²) >= 11 is 0. The maximum Gasteiger partial charge on any atom is 0.332 e. The first kappa shape index (κ1) is 11.2. The van der Waals surface area contributed by atoms with Gasteiger partial charge in [0.05, 0.1) is 0 Å². The Kier molecular flexibility index (Phi) is 3.26. The molecule has 14 heavy (non-hydrogen) atoms. The van der Waals surface area contributed by atoms with Gasteiger partial charge in [-0.15, -0.1) is 3.89 Å². The predicted molar refractivity (Wildman–Crippen MR) is 53.4 cm³/mol. The van der Waals surface area contributed by atoms with E-state index < -0.39 is 10.2 Å². The summed E-state index contributed by atoms with van der Waals surface area (Å²) in [5.74, 6) is 0.0525. The summed E-state index contributed by atoms with van der Waals surface area (Å²) in [5, 5.41) is 0. The Morgan fingerprint density at radius 1 is 1.36 bits per heavy atom. The van der Waals surface area contributed by atoms with Gasteiger partial charge in [-0.3, -0.25) is 0 Å². The number of halogens is 1. The summed E-state index contributed by atoms with van der Waals surface area (Å²) in [6.45, 7) is 3.82. The largest absolute Gasteiger partial charge is 0.332 e. The van der Waals surface area contributed by atoms with Gasteiger partial charge in [0, 0.05) is 0 Å².